The molecule has 0 aromatic carbocycles. The van der Waals surface area contributed by atoms with E-state index in [0.717, 1.165) is 12.5 Å². The van der Waals surface area contributed by atoms with Crippen LogP contribution >= 0.6 is 0 Å². The molecule has 2 heteroatoms. The van der Waals surface area contributed by atoms with E-state index in [9.17, 15) is 0 Å². The van der Waals surface area contributed by atoms with Gasteiger partial charge in [0.2, 0.25) is 0 Å². The Morgan fingerprint density at radius 3 is 2.10 bits per heavy atom. The van der Waals surface area contributed by atoms with Crippen LogP contribution in [0.25, 0.3) is 0 Å². The highest BCUT2D eigenvalue weighted by Gasteiger charge is 2.39. The molecule has 0 spiro atoms. The summed E-state index contributed by atoms with van der Waals surface area (Å²) in [5.41, 5.74) is 0.342. The normalized spacial score (nSPS) is 21.3. The van der Waals surface area contributed by atoms with Gasteiger partial charge in [-0.05, 0) is 64.6 Å². The number of hydrogen-bond acceptors (Lipinski definition) is 2. The van der Waals surface area contributed by atoms with Crippen molar-refractivity contribution in [2.24, 2.45) is 5.92 Å². The quantitative estimate of drug-likeness (QED) is 0.637. The molecule has 0 aromatic heterocycles. The Bertz CT molecular complexity index is 244. The minimum atomic E-state index is 0.342. The predicted octanol–water partition coefficient (Wildman–Crippen LogP) is 4.45. The molecule has 2 atom stereocenters. The van der Waals surface area contributed by atoms with Gasteiger partial charge in [0, 0.05) is 11.6 Å². The molecule has 1 saturated heterocycles. The van der Waals surface area contributed by atoms with Crippen molar-refractivity contribution in [2.45, 2.75) is 91.1 Å². The Hall–Kier alpha value is -0.0800. The molecule has 1 aliphatic rings. The summed E-state index contributed by atoms with van der Waals surface area (Å²) < 4.78 is 0. The van der Waals surface area contributed by atoms with Crippen molar-refractivity contribution >= 4 is 0 Å². The van der Waals surface area contributed by atoms with E-state index < -0.39 is 0 Å². The van der Waals surface area contributed by atoms with Crippen molar-refractivity contribution in [3.63, 3.8) is 0 Å². The van der Waals surface area contributed by atoms with E-state index in [4.69, 9.17) is 0 Å². The molecule has 0 amide bonds. The molecule has 0 aliphatic carbocycles. The molecule has 20 heavy (non-hydrogen) atoms. The molecule has 1 heterocycles. The summed E-state index contributed by atoms with van der Waals surface area (Å²) in [6.45, 7) is 15.6. The Morgan fingerprint density at radius 1 is 1.05 bits per heavy atom. The number of likely N-dealkylation sites (tertiary alicyclic amines) is 1. The van der Waals surface area contributed by atoms with Crippen LogP contribution in [0.2, 0.25) is 0 Å². The van der Waals surface area contributed by atoms with Gasteiger partial charge in [0.25, 0.3) is 0 Å². The topological polar surface area (TPSA) is 15.3 Å². The second kappa shape index (κ2) is 9.04. The zero-order valence-corrected chi connectivity index (χ0v) is 14.7. The second-order valence-corrected chi connectivity index (χ2v) is 6.83. The Morgan fingerprint density at radius 2 is 1.65 bits per heavy atom. The molecule has 120 valence electrons. The van der Waals surface area contributed by atoms with Crippen LogP contribution in [-0.2, 0) is 0 Å². The van der Waals surface area contributed by atoms with Gasteiger partial charge in [0.05, 0.1) is 0 Å². The van der Waals surface area contributed by atoms with Crippen LogP contribution in [0.5, 0.6) is 0 Å². The third-order valence-electron chi connectivity index (χ3n) is 5.66. The van der Waals surface area contributed by atoms with Crippen LogP contribution in [-0.4, -0.2) is 36.1 Å². The average Bonchev–Trinajstić information content (AvgIpc) is 3.01. The number of hydrogen-bond donors (Lipinski definition) is 1. The molecule has 1 rings (SSSR count). The van der Waals surface area contributed by atoms with E-state index in [1.54, 1.807) is 0 Å². The van der Waals surface area contributed by atoms with Crippen LogP contribution in [0.15, 0.2) is 0 Å². The van der Waals surface area contributed by atoms with Gasteiger partial charge >= 0.3 is 0 Å². The van der Waals surface area contributed by atoms with E-state index in [1.165, 1.54) is 58.0 Å². The first-order chi connectivity index (χ1) is 9.62. The minimum absolute atomic E-state index is 0.342. The smallest absolute Gasteiger partial charge is 0.0331 e. The summed E-state index contributed by atoms with van der Waals surface area (Å²) in [4.78, 5) is 2.77. The predicted molar refractivity (Wildman–Crippen MR) is 90.3 cm³/mol. The number of rotatable bonds is 10. The molecular weight excluding hydrogens is 244 g/mol. The lowest BCUT2D eigenvalue weighted by Gasteiger charge is -2.46. The van der Waals surface area contributed by atoms with Crippen molar-refractivity contribution in [3.05, 3.63) is 0 Å². The van der Waals surface area contributed by atoms with E-state index >= 15 is 0 Å². The maximum atomic E-state index is 3.90. The lowest BCUT2D eigenvalue weighted by atomic mass is 9.80. The maximum absolute atomic E-state index is 3.90. The van der Waals surface area contributed by atoms with Crippen molar-refractivity contribution in [1.29, 1.82) is 0 Å². The van der Waals surface area contributed by atoms with Gasteiger partial charge in [-0.2, -0.15) is 0 Å². The van der Waals surface area contributed by atoms with Gasteiger partial charge < -0.3 is 5.32 Å². The van der Waals surface area contributed by atoms with Crippen LogP contribution in [0.4, 0.5) is 0 Å². The summed E-state index contributed by atoms with van der Waals surface area (Å²) >= 11 is 0. The molecule has 1 aliphatic heterocycles. The summed E-state index contributed by atoms with van der Waals surface area (Å²) in [6.07, 6.45) is 9.25. The lowest BCUT2D eigenvalue weighted by molar-refractivity contribution is 0.0718. The monoisotopic (exact) mass is 282 g/mol. The highest BCUT2D eigenvalue weighted by atomic mass is 15.2. The van der Waals surface area contributed by atoms with Crippen molar-refractivity contribution < 1.29 is 0 Å². The van der Waals surface area contributed by atoms with E-state index in [-0.39, 0.29) is 0 Å². The van der Waals surface area contributed by atoms with Gasteiger partial charge in [-0.1, -0.05) is 40.5 Å². The summed E-state index contributed by atoms with van der Waals surface area (Å²) in [5.74, 6) is 0.873. The molecule has 0 bridgehead atoms. The van der Waals surface area contributed by atoms with Crippen molar-refractivity contribution in [3.8, 4) is 0 Å². The first kappa shape index (κ1) is 18.0. The van der Waals surface area contributed by atoms with E-state index in [1.807, 2.05) is 0 Å². The van der Waals surface area contributed by atoms with Crippen LogP contribution in [0.3, 0.4) is 0 Å². The number of nitrogens with zero attached hydrogens (tertiary/aromatic N) is 1. The largest absolute Gasteiger partial charge is 0.312 e. The molecular formula is C18H38N2. The zero-order valence-electron chi connectivity index (χ0n) is 14.7. The highest BCUT2D eigenvalue weighted by Crippen LogP contribution is 2.32. The van der Waals surface area contributed by atoms with Gasteiger partial charge in [-0.25, -0.2) is 0 Å². The Kier molecular flexibility index (Phi) is 8.13. The van der Waals surface area contributed by atoms with Gasteiger partial charge in [0.1, 0.15) is 0 Å². The van der Waals surface area contributed by atoms with Gasteiger partial charge in [-0.15, -0.1) is 0 Å². The van der Waals surface area contributed by atoms with Gasteiger partial charge in [-0.3, -0.25) is 4.90 Å². The van der Waals surface area contributed by atoms with Gasteiger partial charge in [0.15, 0.2) is 0 Å². The van der Waals surface area contributed by atoms with Crippen molar-refractivity contribution in [2.75, 3.05) is 19.6 Å². The minimum Gasteiger partial charge on any atom is -0.312 e. The maximum Gasteiger partial charge on any atom is 0.0331 e. The molecule has 2 nitrogen and oxygen atoms in total. The molecule has 0 aromatic rings. The summed E-state index contributed by atoms with van der Waals surface area (Å²) in [5, 5.41) is 3.90. The molecule has 0 radical (unpaired) electrons. The number of nitrogens with one attached hydrogen (secondary N) is 1. The van der Waals surface area contributed by atoms with E-state index in [2.05, 4.69) is 44.8 Å². The van der Waals surface area contributed by atoms with Crippen LogP contribution < -0.4 is 5.32 Å². The Labute approximate surface area is 127 Å². The standard InChI is InChI=1S/C18H38N2/c1-6-12-19-17(15-16(7-2)8-3)18(5,9-4)20-13-10-11-14-20/h16-17,19H,6-15H2,1-5H3. The van der Waals surface area contributed by atoms with Crippen LogP contribution in [0, 0.1) is 5.92 Å². The first-order valence-corrected chi connectivity index (χ1v) is 9.10. The lowest BCUT2D eigenvalue weighted by Crippen LogP contribution is -2.59. The molecule has 1 N–H and O–H groups in total. The van der Waals surface area contributed by atoms with Crippen LogP contribution in [0.1, 0.15) is 79.6 Å². The van der Waals surface area contributed by atoms with E-state index in [0.29, 0.717) is 11.6 Å². The fraction of sp³-hybridized carbons (Fsp3) is 1.00. The SMILES string of the molecule is CCCNC(CC(CC)CC)C(C)(CC)N1CCCC1. The average molecular weight is 283 g/mol. The molecule has 2 unspecified atom stereocenters. The highest BCUT2D eigenvalue weighted by molar-refractivity contribution is 4.98. The molecule has 0 saturated carbocycles. The first-order valence-electron chi connectivity index (χ1n) is 9.10. The summed E-state index contributed by atoms with van der Waals surface area (Å²) in [6, 6.07) is 0.649. The zero-order chi connectivity index (χ0) is 15.0. The van der Waals surface area contributed by atoms with Crippen molar-refractivity contribution in [1.82, 2.24) is 10.2 Å². The third-order valence-corrected chi connectivity index (χ3v) is 5.66. The second-order valence-electron chi connectivity index (χ2n) is 6.83. The fourth-order valence-corrected chi connectivity index (χ4v) is 3.75. The molecule has 1 fully saturated rings. The Balaban J connectivity index is 2.80. The fourth-order valence-electron chi connectivity index (χ4n) is 3.75. The third kappa shape index (κ3) is 4.46. The summed E-state index contributed by atoms with van der Waals surface area (Å²) in [7, 11) is 0.